The highest BCUT2D eigenvalue weighted by Crippen LogP contribution is 2.52. The topological polar surface area (TPSA) is 6.48 Å². The maximum Gasteiger partial charge on any atom is 0.252 e. The fourth-order valence-corrected chi connectivity index (χ4v) is 11.8. The molecular formula is C61H41BN2. The van der Waals surface area contributed by atoms with E-state index in [1.54, 1.807) is 0 Å². The van der Waals surface area contributed by atoms with Gasteiger partial charge in [-0.05, 0) is 149 Å². The number of benzene rings is 11. The van der Waals surface area contributed by atoms with Crippen LogP contribution in [0.5, 0.6) is 0 Å². The van der Waals surface area contributed by atoms with Crippen LogP contribution in [0.2, 0.25) is 0 Å². The predicted octanol–water partition coefficient (Wildman–Crippen LogP) is 14.4. The summed E-state index contributed by atoms with van der Waals surface area (Å²) < 4.78 is 0. The van der Waals surface area contributed by atoms with Gasteiger partial charge in [-0.3, -0.25) is 0 Å². The lowest BCUT2D eigenvalue weighted by Crippen LogP contribution is -2.61. The van der Waals surface area contributed by atoms with Gasteiger partial charge in [-0.2, -0.15) is 0 Å². The molecule has 11 aromatic carbocycles. The fourth-order valence-electron chi connectivity index (χ4n) is 11.8. The Morgan fingerprint density at radius 1 is 0.359 bits per heavy atom. The fraction of sp³-hybridized carbons (Fsp3) is 0.0492. The van der Waals surface area contributed by atoms with Gasteiger partial charge in [0.25, 0.3) is 6.71 Å². The number of nitrogens with zero attached hydrogens (tertiary/aromatic N) is 2. The molecule has 0 spiro atoms. The van der Waals surface area contributed by atoms with E-state index < -0.39 is 0 Å². The van der Waals surface area contributed by atoms with Crippen molar-refractivity contribution in [2.75, 3.05) is 9.80 Å². The van der Waals surface area contributed by atoms with Crippen LogP contribution in [-0.4, -0.2) is 6.71 Å². The number of rotatable bonds is 3. The molecule has 1 aliphatic carbocycles. The molecule has 0 radical (unpaired) electrons. The second-order valence-corrected chi connectivity index (χ2v) is 18.5. The summed E-state index contributed by atoms with van der Waals surface area (Å²) in [5, 5.41) is 9.99. The minimum atomic E-state index is -0.0718. The molecule has 0 fully saturated rings. The molecule has 298 valence electrons. The zero-order valence-electron chi connectivity index (χ0n) is 35.7. The molecule has 2 nitrogen and oxygen atoms in total. The van der Waals surface area contributed by atoms with Gasteiger partial charge in [-0.25, -0.2) is 0 Å². The predicted molar refractivity (Wildman–Crippen MR) is 273 cm³/mol. The molecule has 3 heteroatoms. The van der Waals surface area contributed by atoms with Crippen molar-refractivity contribution in [2.24, 2.45) is 0 Å². The Morgan fingerprint density at radius 2 is 0.828 bits per heavy atom. The number of fused-ring (bicyclic) bond motifs is 13. The minimum absolute atomic E-state index is 0.0246. The SMILES string of the molecule is CC1(C)c2ccccc2-c2cc(-c3cc4c5c(c3)N(c3ccccc3)c3c(ccc6cc7ccccc7cc36)B5c3ccc5cc6ccccc6cc5c3N4c3ccccc3)ccc21. The molecule has 0 saturated heterocycles. The van der Waals surface area contributed by atoms with Crippen LogP contribution in [-0.2, 0) is 5.41 Å². The standard InChI is InChI=1S/C61H41BN2/c1-61(2)52-24-14-13-23-48(52)51-35-42(25-28-53(51)61)45-36-56-58-57(37-45)64(47-21-7-4-8-22-47)60-50-34-41-18-12-10-16-39(41)32-44(50)27-30-55(60)62(58)54-29-26-43-31-38-15-9-11-17-40(38)33-49(43)59(54)63(56)46-19-5-3-6-20-46/h3-37H,1-2H3. The lowest BCUT2D eigenvalue weighted by Gasteiger charge is -2.45. The van der Waals surface area contributed by atoms with E-state index in [4.69, 9.17) is 0 Å². The van der Waals surface area contributed by atoms with Gasteiger partial charge in [0.1, 0.15) is 0 Å². The van der Waals surface area contributed by atoms with Crippen molar-refractivity contribution in [1.82, 2.24) is 0 Å². The van der Waals surface area contributed by atoms with Crippen LogP contribution in [0.3, 0.4) is 0 Å². The molecule has 0 unspecified atom stereocenters. The number of hydrogen-bond donors (Lipinski definition) is 0. The Morgan fingerprint density at radius 3 is 1.38 bits per heavy atom. The van der Waals surface area contributed by atoms with E-state index in [9.17, 15) is 0 Å². The average Bonchev–Trinajstić information content (AvgIpc) is 3.57. The molecule has 0 bridgehead atoms. The van der Waals surface area contributed by atoms with E-state index in [-0.39, 0.29) is 12.1 Å². The summed E-state index contributed by atoms with van der Waals surface area (Å²) in [6.45, 7) is 4.71. The zero-order chi connectivity index (χ0) is 42.3. The Bertz CT molecular complexity index is 3590. The largest absolute Gasteiger partial charge is 0.311 e. The lowest BCUT2D eigenvalue weighted by molar-refractivity contribution is 0.660. The molecule has 0 atom stereocenters. The molecular weight excluding hydrogens is 771 g/mol. The summed E-state index contributed by atoms with van der Waals surface area (Å²) in [4.78, 5) is 5.17. The van der Waals surface area contributed by atoms with Crippen molar-refractivity contribution in [2.45, 2.75) is 19.3 Å². The molecule has 2 heterocycles. The maximum atomic E-state index is 2.58. The molecule has 14 rings (SSSR count). The summed E-state index contributed by atoms with van der Waals surface area (Å²) >= 11 is 0. The Kier molecular flexibility index (Phi) is 7.29. The van der Waals surface area contributed by atoms with E-state index in [0.717, 1.165) is 11.4 Å². The Hall–Kier alpha value is -7.88. The third kappa shape index (κ3) is 4.92. The van der Waals surface area contributed by atoms with E-state index in [1.807, 2.05) is 0 Å². The molecule has 3 aliphatic rings. The van der Waals surface area contributed by atoms with E-state index >= 15 is 0 Å². The van der Waals surface area contributed by atoms with Gasteiger partial charge in [0.2, 0.25) is 0 Å². The molecule has 64 heavy (non-hydrogen) atoms. The maximum absolute atomic E-state index is 2.58. The van der Waals surface area contributed by atoms with Gasteiger partial charge >= 0.3 is 0 Å². The summed E-state index contributed by atoms with van der Waals surface area (Å²) in [6.07, 6.45) is 0. The van der Waals surface area contributed by atoms with Crippen molar-refractivity contribution in [1.29, 1.82) is 0 Å². The van der Waals surface area contributed by atoms with Crippen molar-refractivity contribution in [3.63, 3.8) is 0 Å². The van der Waals surface area contributed by atoms with Crippen LogP contribution in [0.15, 0.2) is 212 Å². The monoisotopic (exact) mass is 812 g/mol. The first-order valence-corrected chi connectivity index (χ1v) is 22.5. The summed E-state index contributed by atoms with van der Waals surface area (Å²) in [5.74, 6) is 0. The highest BCUT2D eigenvalue weighted by molar-refractivity contribution is 7.00. The van der Waals surface area contributed by atoms with Crippen molar-refractivity contribution < 1.29 is 0 Å². The molecule has 0 N–H and O–H groups in total. The molecule has 0 aromatic heterocycles. The van der Waals surface area contributed by atoms with Crippen LogP contribution in [0, 0.1) is 0 Å². The van der Waals surface area contributed by atoms with Gasteiger partial charge in [-0.15, -0.1) is 0 Å². The van der Waals surface area contributed by atoms with Gasteiger partial charge in [0.15, 0.2) is 0 Å². The average molecular weight is 813 g/mol. The van der Waals surface area contributed by atoms with Gasteiger partial charge in [0, 0.05) is 50.3 Å². The number of para-hydroxylation sites is 2. The first kappa shape index (κ1) is 35.7. The highest BCUT2D eigenvalue weighted by Gasteiger charge is 2.45. The van der Waals surface area contributed by atoms with Gasteiger partial charge in [-0.1, -0.05) is 159 Å². The highest BCUT2D eigenvalue weighted by atomic mass is 15.2. The van der Waals surface area contributed by atoms with Crippen LogP contribution >= 0.6 is 0 Å². The second-order valence-electron chi connectivity index (χ2n) is 18.5. The Balaban J connectivity index is 1.14. The summed E-state index contributed by atoms with van der Waals surface area (Å²) in [5.41, 5.74) is 18.9. The van der Waals surface area contributed by atoms with Crippen LogP contribution in [0.25, 0.3) is 65.3 Å². The molecule has 11 aromatic rings. The number of anilines is 6. The second kappa shape index (κ2) is 13.1. The van der Waals surface area contributed by atoms with E-state index in [0.29, 0.717) is 0 Å². The zero-order valence-corrected chi connectivity index (χ0v) is 35.7. The van der Waals surface area contributed by atoms with Gasteiger partial charge < -0.3 is 9.80 Å². The molecule has 0 saturated carbocycles. The summed E-state index contributed by atoms with van der Waals surface area (Å²) in [7, 11) is 0. The van der Waals surface area contributed by atoms with Crippen molar-refractivity contribution >= 4 is 100 Å². The first-order valence-electron chi connectivity index (χ1n) is 22.5. The quantitative estimate of drug-likeness (QED) is 0.130. The van der Waals surface area contributed by atoms with E-state index in [2.05, 4.69) is 236 Å². The smallest absolute Gasteiger partial charge is 0.252 e. The number of hydrogen-bond acceptors (Lipinski definition) is 2. The van der Waals surface area contributed by atoms with Crippen LogP contribution in [0.1, 0.15) is 25.0 Å². The van der Waals surface area contributed by atoms with Crippen molar-refractivity contribution in [3.05, 3.63) is 223 Å². The van der Waals surface area contributed by atoms with Gasteiger partial charge in [0.05, 0.1) is 0 Å². The van der Waals surface area contributed by atoms with E-state index in [1.165, 1.54) is 116 Å². The lowest BCUT2D eigenvalue weighted by atomic mass is 9.33. The third-order valence-corrected chi connectivity index (χ3v) is 14.7. The van der Waals surface area contributed by atoms with Crippen LogP contribution in [0.4, 0.5) is 34.1 Å². The molecule has 0 amide bonds. The van der Waals surface area contributed by atoms with Crippen LogP contribution < -0.4 is 26.2 Å². The normalized spacial score (nSPS) is 14.1. The Labute approximate surface area is 373 Å². The minimum Gasteiger partial charge on any atom is -0.311 e. The molecule has 2 aliphatic heterocycles. The third-order valence-electron chi connectivity index (χ3n) is 14.7. The summed E-state index contributed by atoms with van der Waals surface area (Å²) in [6, 6.07) is 80.1. The first-order chi connectivity index (χ1) is 31.5. The van der Waals surface area contributed by atoms with Crippen molar-refractivity contribution in [3.8, 4) is 22.3 Å².